The average Bonchev–Trinajstić information content (AvgIpc) is 4.17. The Labute approximate surface area is 341 Å². The second-order valence-corrected chi connectivity index (χ2v) is 18.7. The van der Waals surface area contributed by atoms with Gasteiger partial charge in [-0.3, -0.25) is 19.1 Å². The Hall–Kier alpha value is -4.75. The first-order valence-electron chi connectivity index (χ1n) is 21.1. The third-order valence-electron chi connectivity index (χ3n) is 12.7. The summed E-state index contributed by atoms with van der Waals surface area (Å²) < 4.78 is 40.7. The minimum atomic E-state index is -3.86. The number of allylic oxidation sites excluding steroid dienone is 1. The number of pyridine rings is 1. The molecule has 4 bridgehead atoms. The van der Waals surface area contributed by atoms with Crippen molar-refractivity contribution in [1.29, 1.82) is 0 Å². The van der Waals surface area contributed by atoms with Crippen LogP contribution in [0.25, 0.3) is 28.2 Å². The zero-order valence-corrected chi connectivity index (χ0v) is 34.1. The van der Waals surface area contributed by atoms with Crippen LogP contribution in [0.3, 0.4) is 0 Å². The van der Waals surface area contributed by atoms with Gasteiger partial charge in [0.2, 0.25) is 21.8 Å². The van der Waals surface area contributed by atoms with E-state index >= 15 is 0 Å². The number of hydrogen-bond donors (Lipinski definition) is 3. The summed E-state index contributed by atoms with van der Waals surface area (Å²) >= 11 is 0. The van der Waals surface area contributed by atoms with E-state index in [0.717, 1.165) is 74.3 Å². The summed E-state index contributed by atoms with van der Waals surface area (Å²) in [7, 11) is -2.21. The quantitative estimate of drug-likeness (QED) is 0.219. The maximum absolute atomic E-state index is 15.0. The molecule has 5 aliphatic rings. The molecular weight excluding hydrogens is 755 g/mol. The van der Waals surface area contributed by atoms with Crippen LogP contribution < -0.4 is 24.8 Å². The summed E-state index contributed by atoms with van der Waals surface area (Å²) in [6.45, 7) is 4.68. The van der Waals surface area contributed by atoms with Gasteiger partial charge in [0, 0.05) is 41.0 Å². The summed E-state index contributed by atoms with van der Waals surface area (Å²) in [4.78, 5) is 50.0. The molecule has 2 aliphatic heterocycles. The van der Waals surface area contributed by atoms with Crippen molar-refractivity contribution in [2.45, 2.75) is 112 Å². The lowest BCUT2D eigenvalue weighted by Gasteiger charge is -2.35. The van der Waals surface area contributed by atoms with Gasteiger partial charge in [-0.1, -0.05) is 74.2 Å². The zero-order valence-electron chi connectivity index (χ0n) is 33.3. The number of hydrogen-bond acceptors (Lipinski definition) is 9. The van der Waals surface area contributed by atoms with Crippen molar-refractivity contribution in [3.05, 3.63) is 72.8 Å². The highest BCUT2D eigenvalue weighted by Crippen LogP contribution is 2.46. The Morgan fingerprint density at radius 3 is 2.53 bits per heavy atom. The van der Waals surface area contributed by atoms with Crippen LogP contribution in [0.2, 0.25) is 0 Å². The molecule has 3 saturated carbocycles. The molecule has 12 nitrogen and oxygen atoms in total. The van der Waals surface area contributed by atoms with E-state index in [9.17, 15) is 22.8 Å². The first-order chi connectivity index (χ1) is 28.1. The van der Waals surface area contributed by atoms with E-state index in [2.05, 4.69) is 34.1 Å². The summed E-state index contributed by atoms with van der Waals surface area (Å²) in [6.07, 6.45) is 15.5. The lowest BCUT2D eigenvalue weighted by molar-refractivity contribution is -0.142. The molecule has 1 saturated heterocycles. The van der Waals surface area contributed by atoms with Crippen molar-refractivity contribution in [3.63, 3.8) is 0 Å². The van der Waals surface area contributed by atoms with Crippen LogP contribution in [0.15, 0.2) is 67.3 Å². The first-order valence-corrected chi connectivity index (χ1v) is 22.6. The molecule has 5 atom stereocenters. The molecule has 1 aromatic heterocycles. The van der Waals surface area contributed by atoms with Crippen LogP contribution in [-0.2, 0) is 24.4 Å². The Kier molecular flexibility index (Phi) is 11.6. The molecule has 0 spiro atoms. The van der Waals surface area contributed by atoms with Gasteiger partial charge >= 0.3 is 0 Å². The largest absolute Gasteiger partial charge is 0.496 e. The molecule has 3 aromatic rings. The molecule has 0 radical (unpaired) electrons. The highest BCUT2D eigenvalue weighted by atomic mass is 32.2. The molecule has 58 heavy (non-hydrogen) atoms. The number of benzene rings is 2. The number of methoxy groups -OCH3 is 1. The second-order valence-electron chi connectivity index (χ2n) is 16.7. The molecule has 308 valence electrons. The van der Waals surface area contributed by atoms with Crippen molar-refractivity contribution in [2.75, 3.05) is 20.2 Å². The van der Waals surface area contributed by atoms with Gasteiger partial charge in [0.05, 0.1) is 36.2 Å². The summed E-state index contributed by atoms with van der Waals surface area (Å²) in [5.74, 6) is -0.502. The molecule has 3 heterocycles. The third-order valence-corrected chi connectivity index (χ3v) is 14.5. The standard InChI is InChI=1S/C45H55N5O7S/c1-3-32-27-45(32,44(53)49-58(54,55)34-20-21-34)48-42(51)38-24-33-28-50(38)43(52)41(30-17-12-8-13-18-30)46-22-14-6-4-5-9-19-31-23-35-37(26-39(31)56-2)47-36(25-40(35)57-33)29-15-10-7-11-16-29/h3,7,9-11,15-16,19,23,25-26,30,32-34,38,41,46H,1,4-6,8,12-14,17-18,20-22,24,27-28H2,2H3,(H,48,51)(H,49,53)/b19-9+/t32-,33-,38+,41+,45-/m1/s1. The number of aromatic nitrogens is 1. The molecule has 3 amide bonds. The molecule has 3 aliphatic carbocycles. The van der Waals surface area contributed by atoms with Crippen molar-refractivity contribution in [1.82, 2.24) is 25.2 Å². The maximum Gasteiger partial charge on any atom is 0.259 e. The van der Waals surface area contributed by atoms with Gasteiger partial charge in [-0.2, -0.15) is 0 Å². The number of amides is 3. The van der Waals surface area contributed by atoms with E-state index in [1.54, 1.807) is 18.1 Å². The molecule has 3 N–H and O–H groups in total. The van der Waals surface area contributed by atoms with E-state index in [1.165, 1.54) is 0 Å². The number of fused-ring (bicyclic) bond motifs is 3. The SMILES string of the molecule is C=C[C@@H]1C[C@]1(NC(=O)[C@@H]1C[C@@H]2CN1C(=O)[C@H](C1CCCCC1)NCCCCC/C=C/c1cc3c(cc(-c4ccccc4)nc3cc1OC)O2)C(=O)NS(=O)(=O)C1CC1. The van der Waals surface area contributed by atoms with Crippen LogP contribution in [0, 0.1) is 11.8 Å². The van der Waals surface area contributed by atoms with Crippen LogP contribution in [0.4, 0.5) is 0 Å². The Morgan fingerprint density at radius 1 is 1.03 bits per heavy atom. The van der Waals surface area contributed by atoms with Crippen LogP contribution in [-0.4, -0.2) is 85.2 Å². The fourth-order valence-electron chi connectivity index (χ4n) is 9.11. The lowest BCUT2D eigenvalue weighted by atomic mass is 9.83. The van der Waals surface area contributed by atoms with Crippen LogP contribution in [0.1, 0.15) is 89.0 Å². The van der Waals surface area contributed by atoms with Crippen LogP contribution >= 0.6 is 0 Å². The van der Waals surface area contributed by atoms with Crippen molar-refractivity contribution < 1.29 is 32.3 Å². The van der Waals surface area contributed by atoms with Crippen molar-refractivity contribution >= 4 is 44.7 Å². The van der Waals surface area contributed by atoms with Gasteiger partial charge in [-0.15, -0.1) is 6.58 Å². The smallest absolute Gasteiger partial charge is 0.259 e. The Bertz CT molecular complexity index is 2190. The fraction of sp³-hybridized carbons (Fsp3) is 0.511. The molecule has 2 aromatic carbocycles. The normalized spacial score (nSPS) is 27.5. The summed E-state index contributed by atoms with van der Waals surface area (Å²) in [6, 6.07) is 14.3. The summed E-state index contributed by atoms with van der Waals surface area (Å²) in [5.41, 5.74) is 1.70. The van der Waals surface area contributed by atoms with E-state index in [4.69, 9.17) is 14.5 Å². The molecule has 13 heteroatoms. The van der Waals surface area contributed by atoms with E-state index in [1.807, 2.05) is 48.5 Å². The third kappa shape index (κ3) is 8.38. The zero-order chi connectivity index (χ0) is 40.4. The number of nitrogens with zero attached hydrogens (tertiary/aromatic N) is 2. The van der Waals surface area contributed by atoms with Crippen molar-refractivity contribution in [3.8, 4) is 22.8 Å². The number of carbonyl (C=O) groups is 3. The Balaban J connectivity index is 1.17. The van der Waals surface area contributed by atoms with Gasteiger partial charge in [-0.05, 0) is 69.9 Å². The minimum absolute atomic E-state index is 0.128. The number of rotatable bonds is 9. The van der Waals surface area contributed by atoms with E-state index < -0.39 is 56.7 Å². The van der Waals surface area contributed by atoms with Gasteiger partial charge in [0.25, 0.3) is 5.91 Å². The highest BCUT2D eigenvalue weighted by Gasteiger charge is 2.62. The Morgan fingerprint density at radius 2 is 1.81 bits per heavy atom. The predicted molar refractivity (Wildman–Crippen MR) is 223 cm³/mol. The topological polar surface area (TPSA) is 156 Å². The molecule has 8 rings (SSSR count). The first kappa shape index (κ1) is 40.0. The molecule has 0 unspecified atom stereocenters. The van der Waals surface area contributed by atoms with Gasteiger partial charge < -0.3 is 25.0 Å². The highest BCUT2D eigenvalue weighted by molar-refractivity contribution is 7.91. The van der Waals surface area contributed by atoms with Crippen LogP contribution in [0.5, 0.6) is 11.5 Å². The lowest BCUT2D eigenvalue weighted by Crippen LogP contribution is -2.59. The number of nitrogens with one attached hydrogen (secondary N) is 3. The maximum atomic E-state index is 15.0. The summed E-state index contributed by atoms with van der Waals surface area (Å²) in [5, 5.41) is 6.75. The second kappa shape index (κ2) is 16.8. The predicted octanol–water partition coefficient (Wildman–Crippen LogP) is 6.05. The monoisotopic (exact) mass is 809 g/mol. The number of ether oxygens (including phenoxy) is 2. The van der Waals surface area contributed by atoms with Gasteiger partial charge in [0.1, 0.15) is 29.2 Å². The number of sulfonamides is 1. The van der Waals surface area contributed by atoms with Crippen molar-refractivity contribution in [2.24, 2.45) is 11.8 Å². The minimum Gasteiger partial charge on any atom is -0.496 e. The van der Waals surface area contributed by atoms with Gasteiger partial charge in [-0.25, -0.2) is 13.4 Å². The van der Waals surface area contributed by atoms with E-state index in [0.29, 0.717) is 42.1 Å². The number of carbonyl (C=O) groups excluding carboxylic acids is 3. The van der Waals surface area contributed by atoms with E-state index in [-0.39, 0.29) is 31.2 Å². The fourth-order valence-corrected chi connectivity index (χ4v) is 10.5. The van der Waals surface area contributed by atoms with Gasteiger partial charge in [0.15, 0.2) is 0 Å². The molecular formula is C45H55N5O7S. The average molecular weight is 810 g/mol. The molecule has 4 fully saturated rings.